The second-order valence-corrected chi connectivity index (χ2v) is 5.59. The smallest absolute Gasteiger partial charge is 0.120 e. The zero-order chi connectivity index (χ0) is 13.8. The van der Waals surface area contributed by atoms with Gasteiger partial charge in [-0.05, 0) is 36.4 Å². The van der Waals surface area contributed by atoms with Gasteiger partial charge in [-0.25, -0.2) is 0 Å². The van der Waals surface area contributed by atoms with Crippen LogP contribution in [0.4, 0.5) is 0 Å². The summed E-state index contributed by atoms with van der Waals surface area (Å²) < 4.78 is 10.2. The number of rotatable bonds is 4. The van der Waals surface area contributed by atoms with E-state index < -0.39 is 0 Å². The molecule has 0 bridgehead atoms. The molecule has 0 spiro atoms. The molecule has 0 saturated carbocycles. The van der Waals surface area contributed by atoms with Gasteiger partial charge in [0.15, 0.2) is 0 Å². The van der Waals surface area contributed by atoms with Gasteiger partial charge in [-0.15, -0.1) is 0 Å². The van der Waals surface area contributed by atoms with Crippen molar-refractivity contribution >= 4 is 35.0 Å². The Bertz CT molecular complexity index is 536. The van der Waals surface area contributed by atoms with E-state index in [1.165, 1.54) is 11.8 Å². The summed E-state index contributed by atoms with van der Waals surface area (Å²) in [6.07, 6.45) is 0. The molecule has 0 unspecified atom stereocenters. The van der Waals surface area contributed by atoms with Crippen LogP contribution in [0.3, 0.4) is 0 Å². The minimum Gasteiger partial charge on any atom is -0.497 e. The van der Waals surface area contributed by atoms with Crippen LogP contribution in [0, 0.1) is 0 Å². The topological polar surface area (TPSA) is 18.5 Å². The molecule has 0 amide bonds. The fraction of sp³-hybridized carbons (Fsp3) is 0.143. The number of benzene rings is 2. The third-order valence-electron chi connectivity index (χ3n) is 2.50. The van der Waals surface area contributed by atoms with Gasteiger partial charge in [0.2, 0.25) is 0 Å². The summed E-state index contributed by atoms with van der Waals surface area (Å²) in [6, 6.07) is 11.1. The second-order valence-electron chi connectivity index (χ2n) is 3.69. The Labute approximate surface area is 126 Å². The van der Waals surface area contributed by atoms with E-state index in [1.54, 1.807) is 26.4 Å². The Balaban J connectivity index is 2.26. The molecule has 0 aliphatic heterocycles. The van der Waals surface area contributed by atoms with Crippen molar-refractivity contribution in [2.75, 3.05) is 14.2 Å². The maximum Gasteiger partial charge on any atom is 0.120 e. The summed E-state index contributed by atoms with van der Waals surface area (Å²) >= 11 is 13.9. The van der Waals surface area contributed by atoms with Gasteiger partial charge in [0.25, 0.3) is 0 Å². The van der Waals surface area contributed by atoms with Crippen molar-refractivity contribution in [1.82, 2.24) is 0 Å². The molecule has 0 saturated heterocycles. The lowest BCUT2D eigenvalue weighted by atomic mass is 10.3. The number of hydrogen-bond acceptors (Lipinski definition) is 3. The Morgan fingerprint density at radius 2 is 1.21 bits per heavy atom. The summed E-state index contributed by atoms with van der Waals surface area (Å²) in [6.45, 7) is 0. The van der Waals surface area contributed by atoms with Gasteiger partial charge in [-0.1, -0.05) is 35.0 Å². The lowest BCUT2D eigenvalue weighted by molar-refractivity contribution is 0.414. The van der Waals surface area contributed by atoms with Crippen LogP contribution in [0.15, 0.2) is 46.2 Å². The Morgan fingerprint density at radius 3 is 1.53 bits per heavy atom. The first-order valence-corrected chi connectivity index (χ1v) is 7.06. The number of hydrogen-bond donors (Lipinski definition) is 0. The first kappa shape index (κ1) is 14.4. The largest absolute Gasteiger partial charge is 0.497 e. The van der Waals surface area contributed by atoms with Crippen LogP contribution in [-0.4, -0.2) is 14.2 Å². The Hall–Kier alpha value is -1.03. The zero-order valence-corrected chi connectivity index (χ0v) is 12.8. The molecule has 0 aromatic heterocycles. The van der Waals surface area contributed by atoms with E-state index in [0.717, 1.165) is 21.3 Å². The van der Waals surface area contributed by atoms with Crippen LogP contribution < -0.4 is 9.47 Å². The van der Waals surface area contributed by atoms with Crippen LogP contribution in [0.1, 0.15) is 0 Å². The van der Waals surface area contributed by atoms with Crippen LogP contribution >= 0.6 is 35.0 Å². The maximum atomic E-state index is 6.20. The number of ether oxygens (including phenoxy) is 2. The third kappa shape index (κ3) is 3.50. The van der Waals surface area contributed by atoms with Crippen LogP contribution in [0.25, 0.3) is 0 Å². The van der Waals surface area contributed by atoms with Gasteiger partial charge in [-0.2, -0.15) is 0 Å². The summed E-state index contributed by atoms with van der Waals surface area (Å²) in [5.41, 5.74) is 0. The lowest BCUT2D eigenvalue weighted by Gasteiger charge is -2.08. The molecule has 0 aliphatic rings. The molecule has 2 aromatic carbocycles. The standard InChI is InChI=1S/C14H12Cl2O2S/c1-17-9-3-5-13(11(15)7-9)19-14-6-4-10(18-2)8-12(14)16/h3-8H,1-2H3. The van der Waals surface area contributed by atoms with Crippen LogP contribution in [0.2, 0.25) is 10.0 Å². The average Bonchev–Trinajstić information content (AvgIpc) is 2.42. The van der Waals surface area contributed by atoms with E-state index >= 15 is 0 Å². The molecule has 100 valence electrons. The van der Waals surface area contributed by atoms with Crippen LogP contribution in [0.5, 0.6) is 11.5 Å². The molecule has 0 atom stereocenters. The van der Waals surface area contributed by atoms with Gasteiger partial charge in [-0.3, -0.25) is 0 Å². The average molecular weight is 315 g/mol. The van der Waals surface area contributed by atoms with E-state index in [0.29, 0.717) is 10.0 Å². The van der Waals surface area contributed by atoms with Crippen molar-refractivity contribution in [1.29, 1.82) is 0 Å². The first-order valence-electron chi connectivity index (χ1n) is 5.49. The quantitative estimate of drug-likeness (QED) is 0.776. The predicted molar refractivity (Wildman–Crippen MR) is 80.1 cm³/mol. The number of halogens is 2. The summed E-state index contributed by atoms with van der Waals surface area (Å²) in [7, 11) is 3.22. The zero-order valence-electron chi connectivity index (χ0n) is 10.4. The highest BCUT2D eigenvalue weighted by atomic mass is 35.5. The molecular weight excluding hydrogens is 303 g/mol. The van der Waals surface area contributed by atoms with Gasteiger partial charge in [0, 0.05) is 9.79 Å². The lowest BCUT2D eigenvalue weighted by Crippen LogP contribution is -1.85. The molecule has 0 N–H and O–H groups in total. The van der Waals surface area contributed by atoms with Gasteiger partial charge >= 0.3 is 0 Å². The van der Waals surface area contributed by atoms with Crippen molar-refractivity contribution < 1.29 is 9.47 Å². The van der Waals surface area contributed by atoms with Crippen LogP contribution in [-0.2, 0) is 0 Å². The van der Waals surface area contributed by atoms with E-state index in [4.69, 9.17) is 32.7 Å². The first-order chi connectivity index (χ1) is 9.13. The summed E-state index contributed by atoms with van der Waals surface area (Å²) in [5.74, 6) is 1.46. The molecule has 2 nitrogen and oxygen atoms in total. The maximum absolute atomic E-state index is 6.20. The fourth-order valence-corrected chi connectivity index (χ4v) is 2.90. The molecule has 2 aromatic rings. The number of methoxy groups -OCH3 is 2. The van der Waals surface area contributed by atoms with Crippen molar-refractivity contribution in [3.05, 3.63) is 46.4 Å². The Kier molecular flexibility index (Phi) is 4.86. The van der Waals surface area contributed by atoms with E-state index in [9.17, 15) is 0 Å². The highest BCUT2D eigenvalue weighted by molar-refractivity contribution is 7.99. The molecule has 0 fully saturated rings. The summed E-state index contributed by atoms with van der Waals surface area (Å²) in [5, 5.41) is 1.27. The van der Waals surface area contributed by atoms with Crippen molar-refractivity contribution in [3.8, 4) is 11.5 Å². The SMILES string of the molecule is COc1ccc(Sc2ccc(OC)cc2Cl)c(Cl)c1. The molecule has 0 radical (unpaired) electrons. The minimum absolute atomic E-state index is 0.635. The van der Waals surface area contributed by atoms with E-state index in [2.05, 4.69) is 0 Å². The van der Waals surface area contributed by atoms with E-state index in [-0.39, 0.29) is 0 Å². The molecule has 0 heterocycles. The molecule has 19 heavy (non-hydrogen) atoms. The highest BCUT2D eigenvalue weighted by Gasteiger charge is 2.08. The molecular formula is C14H12Cl2O2S. The molecule has 5 heteroatoms. The van der Waals surface area contributed by atoms with Gasteiger partial charge in [0.05, 0.1) is 24.3 Å². The monoisotopic (exact) mass is 314 g/mol. The van der Waals surface area contributed by atoms with Gasteiger partial charge < -0.3 is 9.47 Å². The summed E-state index contributed by atoms with van der Waals surface area (Å²) in [4.78, 5) is 1.85. The van der Waals surface area contributed by atoms with Crippen molar-refractivity contribution in [2.45, 2.75) is 9.79 Å². The molecule has 0 aliphatic carbocycles. The normalized spacial score (nSPS) is 10.3. The van der Waals surface area contributed by atoms with Gasteiger partial charge in [0.1, 0.15) is 11.5 Å². The predicted octanol–water partition coefficient (Wildman–Crippen LogP) is 5.16. The Morgan fingerprint density at radius 1 is 0.789 bits per heavy atom. The van der Waals surface area contributed by atoms with Crippen molar-refractivity contribution in [3.63, 3.8) is 0 Å². The molecule has 2 rings (SSSR count). The fourth-order valence-electron chi connectivity index (χ4n) is 1.50. The highest BCUT2D eigenvalue weighted by Crippen LogP contribution is 2.39. The third-order valence-corrected chi connectivity index (χ3v) is 4.50. The van der Waals surface area contributed by atoms with E-state index in [1.807, 2.05) is 24.3 Å². The second kappa shape index (κ2) is 6.42. The van der Waals surface area contributed by atoms with Crippen molar-refractivity contribution in [2.24, 2.45) is 0 Å². The minimum atomic E-state index is 0.635.